The number of rotatable bonds is 18. The Labute approximate surface area is 431 Å². The van der Waals surface area contributed by atoms with Crippen LogP contribution in [0.4, 0.5) is 10.6 Å². The van der Waals surface area contributed by atoms with Gasteiger partial charge in [0.2, 0.25) is 0 Å². The summed E-state index contributed by atoms with van der Waals surface area (Å²) in [5.74, 6) is 2.86. The number of fused-ring (bicyclic) bond motifs is 1. The molecule has 14 heteroatoms. The van der Waals surface area contributed by atoms with Crippen LogP contribution in [0.25, 0.3) is 11.2 Å². The van der Waals surface area contributed by atoms with Crippen molar-refractivity contribution in [2.45, 2.75) is 56.1 Å². The molecule has 0 unspecified atom stereocenters. The monoisotopic (exact) mass is 995 g/mol. The molecule has 1 fully saturated rings. The lowest BCUT2D eigenvalue weighted by Crippen LogP contribution is -2.48. The van der Waals surface area contributed by atoms with Crippen molar-refractivity contribution in [2.75, 3.05) is 47.0 Å². The van der Waals surface area contributed by atoms with Gasteiger partial charge in [-0.25, -0.2) is 19.7 Å². The number of aliphatic hydroxyl groups is 1. The summed E-state index contributed by atoms with van der Waals surface area (Å²) in [5, 5.41) is 15.3. The van der Waals surface area contributed by atoms with Gasteiger partial charge in [-0.3, -0.25) is 5.32 Å². The van der Waals surface area contributed by atoms with E-state index in [2.05, 4.69) is 10.3 Å². The van der Waals surface area contributed by atoms with Crippen molar-refractivity contribution in [3.8, 4) is 23.0 Å². The SMILES string of the molecule is C=C1[C@@H](n2cnc3c(NC(=O)OC(C)(C)C)ncnc32)C[C@H](OC(c2ccccc2)(c2ccc(OC)cc2)c2ccc(OC)cc2)[C@@]1(CO)COC(c1ccccc1)(c1ccc(OC)cc1)c1ccc(OC)cc1. The van der Waals surface area contributed by atoms with E-state index in [4.69, 9.17) is 49.7 Å². The van der Waals surface area contributed by atoms with Crippen molar-refractivity contribution >= 4 is 23.1 Å². The summed E-state index contributed by atoms with van der Waals surface area (Å²) in [6.07, 6.45) is 1.74. The lowest BCUT2D eigenvalue weighted by atomic mass is 9.76. The number of imidazole rings is 1. The van der Waals surface area contributed by atoms with E-state index in [1.807, 2.05) is 162 Å². The summed E-state index contributed by atoms with van der Waals surface area (Å²) in [7, 11) is 6.53. The molecule has 2 heterocycles. The number of nitrogens with one attached hydrogen (secondary N) is 1. The first-order valence-electron chi connectivity index (χ1n) is 24.3. The van der Waals surface area contributed by atoms with E-state index in [0.29, 0.717) is 39.7 Å². The fourth-order valence-corrected chi connectivity index (χ4v) is 10.1. The third-order valence-electron chi connectivity index (χ3n) is 13.9. The molecule has 380 valence electrons. The Balaban J connectivity index is 1.26. The van der Waals surface area contributed by atoms with Crippen LogP contribution in [0.15, 0.2) is 183 Å². The first-order chi connectivity index (χ1) is 35.8. The molecule has 1 saturated carbocycles. The zero-order valence-corrected chi connectivity index (χ0v) is 42.7. The van der Waals surface area contributed by atoms with Gasteiger partial charge in [-0.05, 0) is 115 Å². The Hall–Kier alpha value is -8.04. The highest BCUT2D eigenvalue weighted by Gasteiger charge is 2.57. The number of aliphatic hydroxyl groups excluding tert-OH is 1. The molecule has 0 spiro atoms. The van der Waals surface area contributed by atoms with Gasteiger partial charge in [0, 0.05) is 0 Å². The van der Waals surface area contributed by atoms with Gasteiger partial charge >= 0.3 is 6.09 Å². The largest absolute Gasteiger partial charge is 0.497 e. The number of benzene rings is 6. The first kappa shape index (κ1) is 50.9. The van der Waals surface area contributed by atoms with Gasteiger partial charge in [0.1, 0.15) is 46.1 Å². The molecule has 0 aliphatic heterocycles. The van der Waals surface area contributed by atoms with Crippen LogP contribution in [0.5, 0.6) is 23.0 Å². The number of carbonyl (C=O) groups is 1. The van der Waals surface area contributed by atoms with E-state index >= 15 is 0 Å². The zero-order chi connectivity index (χ0) is 52.1. The quantitative estimate of drug-likeness (QED) is 0.0620. The molecule has 2 aromatic heterocycles. The van der Waals surface area contributed by atoms with Gasteiger partial charge in [0.15, 0.2) is 17.0 Å². The summed E-state index contributed by atoms with van der Waals surface area (Å²) >= 11 is 0. The number of hydrogen-bond acceptors (Lipinski definition) is 12. The Morgan fingerprint density at radius 3 is 1.50 bits per heavy atom. The maximum atomic E-state index is 13.1. The van der Waals surface area contributed by atoms with Crippen molar-refractivity contribution in [3.63, 3.8) is 0 Å². The van der Waals surface area contributed by atoms with Crippen molar-refractivity contribution in [2.24, 2.45) is 5.41 Å². The van der Waals surface area contributed by atoms with Crippen molar-refractivity contribution in [3.05, 3.63) is 216 Å². The Morgan fingerprint density at radius 2 is 1.07 bits per heavy atom. The second-order valence-corrected chi connectivity index (χ2v) is 19.2. The van der Waals surface area contributed by atoms with Crippen molar-refractivity contribution in [1.29, 1.82) is 0 Å². The number of methoxy groups -OCH3 is 4. The molecule has 2 N–H and O–H groups in total. The van der Waals surface area contributed by atoms with Gasteiger partial charge < -0.3 is 42.8 Å². The number of ether oxygens (including phenoxy) is 7. The molecule has 6 aromatic carbocycles. The fraction of sp³-hybridized carbons (Fsp3) is 0.267. The predicted octanol–water partition coefficient (Wildman–Crippen LogP) is 11.1. The molecular formula is C60H61N5O9. The van der Waals surface area contributed by atoms with Gasteiger partial charge in [-0.15, -0.1) is 0 Å². The molecule has 3 atom stereocenters. The minimum absolute atomic E-state index is 0.111. The highest BCUT2D eigenvalue weighted by atomic mass is 16.6. The number of nitrogens with zero attached hydrogens (tertiary/aromatic N) is 4. The molecular weight excluding hydrogens is 935 g/mol. The average molecular weight is 996 g/mol. The maximum absolute atomic E-state index is 13.1. The van der Waals surface area contributed by atoms with E-state index in [1.54, 1.807) is 55.5 Å². The lowest BCUT2D eigenvalue weighted by Gasteiger charge is -2.45. The number of amides is 1. The minimum Gasteiger partial charge on any atom is -0.497 e. The van der Waals surface area contributed by atoms with Crippen molar-refractivity contribution in [1.82, 2.24) is 19.5 Å². The average Bonchev–Trinajstić information content (AvgIpc) is 3.98. The molecule has 8 aromatic rings. The molecule has 9 rings (SSSR count). The second kappa shape index (κ2) is 21.2. The van der Waals surface area contributed by atoms with Crippen LogP contribution < -0.4 is 24.3 Å². The third kappa shape index (κ3) is 9.55. The number of hydrogen-bond donors (Lipinski definition) is 2. The van der Waals surface area contributed by atoms with Gasteiger partial charge in [-0.1, -0.05) is 116 Å². The third-order valence-corrected chi connectivity index (χ3v) is 13.9. The molecule has 1 aliphatic rings. The number of carbonyl (C=O) groups excluding carboxylic acids is 1. The minimum atomic E-state index is -1.36. The summed E-state index contributed by atoms with van der Waals surface area (Å²) < 4.78 is 45.9. The molecule has 14 nitrogen and oxygen atoms in total. The van der Waals surface area contributed by atoms with Crippen LogP contribution in [0, 0.1) is 5.41 Å². The Bertz CT molecular complexity index is 3080. The number of anilines is 1. The van der Waals surface area contributed by atoms with Gasteiger partial charge in [-0.2, -0.15) is 0 Å². The van der Waals surface area contributed by atoms with E-state index in [0.717, 1.165) is 33.4 Å². The standard InChI is InChI=1S/C60H61N5O9/c1-40-51(65-39-63-53-54(61-38-62-55(53)65)64-56(67)74-57(2,3)4)35-52(73-60(42-17-13-10-14-18-42,45-23-31-49(70-7)32-24-45)46-25-33-50(71-8)34-26-46)58(40,36-66)37-72-59(41-15-11-9-12-16-41,43-19-27-47(68-5)28-20-43)44-21-29-48(69-6)30-22-44/h9-34,38-39,51-52,66H,1,35-37H2,2-8H3,(H,61,62,64,67)/t51-,52-,58-/m0/s1. The van der Waals surface area contributed by atoms with Crippen LogP contribution >= 0.6 is 0 Å². The van der Waals surface area contributed by atoms with Gasteiger partial charge in [0.05, 0.1) is 65.5 Å². The predicted molar refractivity (Wildman–Crippen MR) is 283 cm³/mol. The summed E-state index contributed by atoms with van der Waals surface area (Å²) in [5.41, 5.74) is 1.48. The summed E-state index contributed by atoms with van der Waals surface area (Å²) in [6, 6.07) is 50.7. The molecule has 1 aliphatic carbocycles. The molecule has 0 bridgehead atoms. The Morgan fingerprint density at radius 1 is 0.635 bits per heavy atom. The summed E-state index contributed by atoms with van der Waals surface area (Å²) in [6.45, 7) is 9.66. The first-order valence-corrected chi connectivity index (χ1v) is 24.3. The zero-order valence-electron chi connectivity index (χ0n) is 42.7. The van der Waals surface area contributed by atoms with Crippen LogP contribution in [0.3, 0.4) is 0 Å². The summed E-state index contributed by atoms with van der Waals surface area (Å²) in [4.78, 5) is 27.0. The number of aromatic nitrogens is 4. The molecule has 0 radical (unpaired) electrons. The molecule has 1 amide bonds. The van der Waals surface area contributed by atoms with Crippen LogP contribution in [0.2, 0.25) is 0 Å². The van der Waals surface area contributed by atoms with E-state index < -0.39 is 47.1 Å². The molecule has 74 heavy (non-hydrogen) atoms. The van der Waals surface area contributed by atoms with E-state index in [9.17, 15) is 9.90 Å². The highest BCUT2D eigenvalue weighted by molar-refractivity contribution is 5.93. The second-order valence-electron chi connectivity index (χ2n) is 19.2. The Kier molecular flexibility index (Phi) is 14.6. The topological polar surface area (TPSA) is 158 Å². The smallest absolute Gasteiger partial charge is 0.413 e. The van der Waals surface area contributed by atoms with Crippen LogP contribution in [0.1, 0.15) is 66.6 Å². The van der Waals surface area contributed by atoms with Gasteiger partial charge in [0.25, 0.3) is 0 Å². The van der Waals surface area contributed by atoms with Crippen LogP contribution in [-0.4, -0.2) is 84.1 Å². The highest BCUT2D eigenvalue weighted by Crippen LogP contribution is 2.56. The molecule has 0 saturated heterocycles. The maximum Gasteiger partial charge on any atom is 0.413 e. The van der Waals surface area contributed by atoms with Crippen molar-refractivity contribution < 1.29 is 43.1 Å². The van der Waals surface area contributed by atoms with E-state index in [-0.39, 0.29) is 18.8 Å². The normalized spacial score (nSPS) is 16.9. The lowest BCUT2D eigenvalue weighted by molar-refractivity contribution is -0.137. The van der Waals surface area contributed by atoms with E-state index in [1.165, 1.54) is 6.33 Å². The van der Waals surface area contributed by atoms with Crippen LogP contribution in [-0.2, 0) is 25.4 Å². The fourth-order valence-electron chi connectivity index (χ4n) is 10.1.